The smallest absolute Gasteiger partial charge is 0.346 e. The summed E-state index contributed by atoms with van der Waals surface area (Å²) in [6.45, 7) is 0.691. The second-order valence-electron chi connectivity index (χ2n) is 7.83. The second-order valence-corrected chi connectivity index (χ2v) is 7.83. The van der Waals surface area contributed by atoms with Crippen molar-refractivity contribution in [1.82, 2.24) is 19.9 Å². The number of aromatic nitrogens is 3. The highest BCUT2D eigenvalue weighted by molar-refractivity contribution is 6.05. The first-order chi connectivity index (χ1) is 13.4. The van der Waals surface area contributed by atoms with Crippen LogP contribution in [0.15, 0.2) is 30.7 Å². The molecule has 146 valence electrons. The fourth-order valence-corrected chi connectivity index (χ4v) is 4.45. The summed E-state index contributed by atoms with van der Waals surface area (Å²) in [6.07, 6.45) is 2.14. The van der Waals surface area contributed by atoms with Gasteiger partial charge >= 0.3 is 6.18 Å². The number of halogens is 3. The van der Waals surface area contributed by atoms with Crippen LogP contribution < -0.4 is 0 Å². The molecule has 3 aromatic heterocycles. The number of H-pyrrole nitrogens is 1. The van der Waals surface area contributed by atoms with Crippen LogP contribution in [0, 0.1) is 5.41 Å². The SMILES string of the molecule is O=C(N1CCCC(c2c[nH]c3ncc4ncccc4c23)C1)C1(C(F)(F)F)CC1. The summed E-state index contributed by atoms with van der Waals surface area (Å²) in [5.41, 5.74) is 0.352. The fourth-order valence-electron chi connectivity index (χ4n) is 4.45. The van der Waals surface area contributed by atoms with Crippen molar-refractivity contribution in [1.29, 1.82) is 0 Å². The van der Waals surface area contributed by atoms with E-state index in [0.29, 0.717) is 19.5 Å². The molecule has 1 saturated heterocycles. The molecule has 5 rings (SSSR count). The van der Waals surface area contributed by atoms with E-state index >= 15 is 0 Å². The van der Waals surface area contributed by atoms with Gasteiger partial charge in [-0.25, -0.2) is 4.98 Å². The third-order valence-electron chi connectivity index (χ3n) is 6.16. The van der Waals surface area contributed by atoms with E-state index in [1.54, 1.807) is 12.4 Å². The van der Waals surface area contributed by atoms with Crippen LogP contribution in [0.5, 0.6) is 0 Å². The lowest BCUT2D eigenvalue weighted by molar-refractivity contribution is -0.199. The molecule has 1 aliphatic carbocycles. The van der Waals surface area contributed by atoms with Crippen molar-refractivity contribution in [3.63, 3.8) is 0 Å². The van der Waals surface area contributed by atoms with Gasteiger partial charge in [-0.3, -0.25) is 9.78 Å². The van der Waals surface area contributed by atoms with E-state index in [9.17, 15) is 18.0 Å². The molecule has 28 heavy (non-hydrogen) atoms. The molecule has 5 nitrogen and oxygen atoms in total. The highest BCUT2D eigenvalue weighted by Crippen LogP contribution is 2.59. The van der Waals surface area contributed by atoms with Gasteiger partial charge in [0.05, 0.1) is 11.7 Å². The van der Waals surface area contributed by atoms with Crippen LogP contribution in [0.25, 0.3) is 21.9 Å². The molecule has 1 atom stereocenters. The average molecular weight is 388 g/mol. The maximum atomic E-state index is 13.4. The zero-order chi connectivity index (χ0) is 19.5. The van der Waals surface area contributed by atoms with E-state index < -0.39 is 17.5 Å². The third kappa shape index (κ3) is 2.50. The Labute approximate surface area is 158 Å². The van der Waals surface area contributed by atoms with E-state index in [1.165, 1.54) is 4.90 Å². The standard InChI is InChI=1S/C20H19F3N4O/c21-20(22,23)19(5-6-19)18(28)27-8-2-3-12(11-27)14-9-25-17-16(14)13-4-1-7-24-15(13)10-26-17/h1,4,7,9-10,12H,2-3,5-6,8,11H2,(H,25,26). The van der Waals surface area contributed by atoms with Crippen LogP contribution in [0.4, 0.5) is 13.2 Å². The van der Waals surface area contributed by atoms with Gasteiger partial charge in [0.15, 0.2) is 0 Å². The maximum Gasteiger partial charge on any atom is 0.403 e. The molecule has 4 heterocycles. The fraction of sp³-hybridized carbons (Fsp3) is 0.450. The minimum atomic E-state index is -4.47. The van der Waals surface area contributed by atoms with Crippen LogP contribution in [-0.4, -0.2) is 45.0 Å². The van der Waals surface area contributed by atoms with Crippen molar-refractivity contribution in [2.24, 2.45) is 5.41 Å². The van der Waals surface area contributed by atoms with Crippen molar-refractivity contribution in [3.05, 3.63) is 36.3 Å². The summed E-state index contributed by atoms with van der Waals surface area (Å²) in [5.74, 6) is -0.780. The molecule has 0 spiro atoms. The number of carbonyl (C=O) groups is 1. The summed E-state index contributed by atoms with van der Waals surface area (Å²) in [7, 11) is 0. The largest absolute Gasteiger partial charge is 0.403 e. The van der Waals surface area contributed by atoms with Gasteiger partial charge in [-0.1, -0.05) is 6.07 Å². The number of fused-ring (bicyclic) bond motifs is 3. The Kier molecular flexibility index (Phi) is 3.70. The van der Waals surface area contributed by atoms with Crippen LogP contribution in [-0.2, 0) is 4.79 Å². The number of amides is 1. The molecule has 0 radical (unpaired) electrons. The van der Waals surface area contributed by atoms with Gasteiger partial charge < -0.3 is 9.88 Å². The molecule has 2 aliphatic rings. The topological polar surface area (TPSA) is 61.9 Å². The lowest BCUT2D eigenvalue weighted by atomic mass is 9.89. The number of likely N-dealkylation sites (tertiary alicyclic amines) is 1. The Bertz CT molecular complexity index is 1070. The molecule has 1 aliphatic heterocycles. The molecular formula is C20H19F3N4O. The normalized spacial score (nSPS) is 22.0. The van der Waals surface area contributed by atoms with Crippen molar-refractivity contribution in [2.45, 2.75) is 37.8 Å². The van der Waals surface area contributed by atoms with Gasteiger partial charge in [-0.05, 0) is 37.3 Å². The third-order valence-corrected chi connectivity index (χ3v) is 6.16. The first-order valence-electron chi connectivity index (χ1n) is 9.47. The van der Waals surface area contributed by atoms with Crippen LogP contribution in [0.1, 0.15) is 37.2 Å². The van der Waals surface area contributed by atoms with Gasteiger partial charge in [0.1, 0.15) is 11.1 Å². The van der Waals surface area contributed by atoms with Gasteiger partial charge in [0.2, 0.25) is 5.91 Å². The van der Waals surface area contributed by atoms with E-state index in [0.717, 1.165) is 33.9 Å². The van der Waals surface area contributed by atoms with E-state index in [2.05, 4.69) is 15.0 Å². The number of carbonyl (C=O) groups excluding carboxylic acids is 1. The number of pyridine rings is 2. The van der Waals surface area contributed by atoms with Gasteiger partial charge in [0.25, 0.3) is 0 Å². The maximum absolute atomic E-state index is 13.4. The van der Waals surface area contributed by atoms with E-state index in [4.69, 9.17) is 0 Å². The Hall–Kier alpha value is -2.64. The average Bonchev–Trinajstić information content (AvgIpc) is 3.41. The lowest BCUT2D eigenvalue weighted by Crippen LogP contribution is -2.47. The zero-order valence-corrected chi connectivity index (χ0v) is 15.1. The van der Waals surface area contributed by atoms with Crippen LogP contribution >= 0.6 is 0 Å². The van der Waals surface area contributed by atoms with Gasteiger partial charge in [-0.2, -0.15) is 13.2 Å². The number of piperidine rings is 1. The first kappa shape index (κ1) is 17.5. The minimum absolute atomic E-state index is 0.0249. The number of aromatic amines is 1. The number of alkyl halides is 3. The summed E-state index contributed by atoms with van der Waals surface area (Å²) in [5, 5.41) is 1.91. The summed E-state index contributed by atoms with van der Waals surface area (Å²) >= 11 is 0. The van der Waals surface area contributed by atoms with E-state index in [1.807, 2.05) is 18.3 Å². The summed E-state index contributed by atoms with van der Waals surface area (Å²) in [4.78, 5) is 26.0. The Morgan fingerprint density at radius 1 is 1.29 bits per heavy atom. The molecule has 1 N–H and O–H groups in total. The van der Waals surface area contributed by atoms with Crippen LogP contribution in [0.2, 0.25) is 0 Å². The number of nitrogens with zero attached hydrogens (tertiary/aromatic N) is 3. The molecular weight excluding hydrogens is 369 g/mol. The monoisotopic (exact) mass is 388 g/mol. The summed E-state index contributed by atoms with van der Waals surface area (Å²) < 4.78 is 40.2. The zero-order valence-electron chi connectivity index (χ0n) is 15.1. The Morgan fingerprint density at radius 3 is 2.86 bits per heavy atom. The number of nitrogens with one attached hydrogen (secondary N) is 1. The quantitative estimate of drug-likeness (QED) is 0.717. The number of hydrogen-bond acceptors (Lipinski definition) is 3. The number of rotatable bonds is 2. The highest BCUT2D eigenvalue weighted by atomic mass is 19.4. The van der Waals surface area contributed by atoms with Gasteiger partial charge in [0, 0.05) is 42.2 Å². The predicted molar refractivity (Wildman–Crippen MR) is 97.7 cm³/mol. The molecule has 3 aromatic rings. The van der Waals surface area contributed by atoms with Gasteiger partial charge in [-0.15, -0.1) is 0 Å². The van der Waals surface area contributed by atoms with Crippen molar-refractivity contribution in [3.8, 4) is 0 Å². The predicted octanol–water partition coefficient (Wildman–Crippen LogP) is 4.16. The minimum Gasteiger partial charge on any atom is -0.346 e. The highest BCUT2D eigenvalue weighted by Gasteiger charge is 2.69. The lowest BCUT2D eigenvalue weighted by Gasteiger charge is -2.35. The van der Waals surface area contributed by atoms with E-state index in [-0.39, 0.29) is 18.8 Å². The Morgan fingerprint density at radius 2 is 2.11 bits per heavy atom. The summed E-state index contributed by atoms with van der Waals surface area (Å²) in [6, 6.07) is 3.83. The second kappa shape index (κ2) is 5.93. The van der Waals surface area contributed by atoms with Crippen molar-refractivity contribution in [2.75, 3.05) is 13.1 Å². The Balaban J connectivity index is 1.49. The number of hydrogen-bond donors (Lipinski definition) is 1. The molecule has 8 heteroatoms. The molecule has 1 amide bonds. The van der Waals surface area contributed by atoms with Crippen molar-refractivity contribution < 1.29 is 18.0 Å². The molecule has 2 fully saturated rings. The molecule has 0 bridgehead atoms. The molecule has 1 saturated carbocycles. The molecule has 0 aromatic carbocycles. The first-order valence-corrected chi connectivity index (χ1v) is 9.47. The molecule has 1 unspecified atom stereocenters. The van der Waals surface area contributed by atoms with Crippen molar-refractivity contribution >= 4 is 27.8 Å². The van der Waals surface area contributed by atoms with Crippen LogP contribution in [0.3, 0.4) is 0 Å².